The Bertz CT molecular complexity index is 425. The lowest BCUT2D eigenvalue weighted by Gasteiger charge is -2.39. The standard InChI is InChI=1S/C17H32OSi2/c1-17(2,3)20(7,8)18-16-11-9-10-15(14-16)12-13-19(4,5)6/h14,16H,9-11H2,1-8H3/t16-/m1/s1. The van der Waals surface area contributed by atoms with Crippen LogP contribution in [0.15, 0.2) is 11.6 Å². The molecule has 0 heterocycles. The summed E-state index contributed by atoms with van der Waals surface area (Å²) in [5.74, 6) is 3.42. The average Bonchev–Trinajstić information content (AvgIpc) is 2.24. The van der Waals surface area contributed by atoms with Crippen LogP contribution in [0.1, 0.15) is 40.0 Å². The topological polar surface area (TPSA) is 9.23 Å². The molecule has 1 aliphatic carbocycles. The van der Waals surface area contributed by atoms with E-state index in [9.17, 15) is 0 Å². The summed E-state index contributed by atoms with van der Waals surface area (Å²) in [5, 5.41) is 0.280. The van der Waals surface area contributed by atoms with Gasteiger partial charge in [0.1, 0.15) is 8.07 Å². The smallest absolute Gasteiger partial charge is 0.192 e. The van der Waals surface area contributed by atoms with E-state index in [2.05, 4.69) is 71.0 Å². The summed E-state index contributed by atoms with van der Waals surface area (Å²) in [7, 11) is -2.94. The zero-order valence-electron chi connectivity index (χ0n) is 14.7. The second kappa shape index (κ2) is 6.21. The third-order valence-electron chi connectivity index (χ3n) is 4.17. The molecule has 0 saturated heterocycles. The van der Waals surface area contributed by atoms with Gasteiger partial charge in [0.05, 0.1) is 6.10 Å². The van der Waals surface area contributed by atoms with E-state index in [1.54, 1.807) is 0 Å². The lowest BCUT2D eigenvalue weighted by atomic mass is 9.98. The Balaban J connectivity index is 2.80. The van der Waals surface area contributed by atoms with Gasteiger partial charge in [0.2, 0.25) is 0 Å². The predicted octanol–water partition coefficient (Wildman–Crippen LogP) is 5.37. The van der Waals surface area contributed by atoms with Gasteiger partial charge in [-0.25, -0.2) is 0 Å². The SMILES string of the molecule is CC(C)(C)[Si](C)(C)O[C@H]1C=C(C#C[Si](C)(C)C)CCC1. The molecule has 0 saturated carbocycles. The molecular weight excluding hydrogens is 276 g/mol. The Morgan fingerprint density at radius 2 is 1.75 bits per heavy atom. The van der Waals surface area contributed by atoms with Crippen LogP contribution in [0, 0.1) is 11.5 Å². The number of rotatable bonds is 2. The Kier molecular flexibility index (Phi) is 5.51. The van der Waals surface area contributed by atoms with Gasteiger partial charge < -0.3 is 4.43 Å². The van der Waals surface area contributed by atoms with Crippen molar-refractivity contribution in [3.05, 3.63) is 11.6 Å². The molecule has 1 aliphatic rings. The van der Waals surface area contributed by atoms with Gasteiger partial charge in [0.25, 0.3) is 0 Å². The van der Waals surface area contributed by atoms with Crippen molar-refractivity contribution in [2.24, 2.45) is 0 Å². The number of hydrogen-bond donors (Lipinski definition) is 0. The van der Waals surface area contributed by atoms with Crippen LogP contribution >= 0.6 is 0 Å². The van der Waals surface area contributed by atoms with Crippen LogP contribution in [0.25, 0.3) is 0 Å². The van der Waals surface area contributed by atoms with E-state index in [1.807, 2.05) is 0 Å². The zero-order chi connectivity index (χ0) is 15.6. The van der Waals surface area contributed by atoms with E-state index in [0.29, 0.717) is 0 Å². The second-order valence-corrected chi connectivity index (χ2v) is 18.0. The van der Waals surface area contributed by atoms with Crippen LogP contribution in [0.2, 0.25) is 37.8 Å². The van der Waals surface area contributed by atoms with Gasteiger partial charge in [0, 0.05) is 0 Å². The molecule has 0 bridgehead atoms. The van der Waals surface area contributed by atoms with E-state index in [-0.39, 0.29) is 11.1 Å². The molecule has 20 heavy (non-hydrogen) atoms. The summed E-state index contributed by atoms with van der Waals surface area (Å²) in [4.78, 5) is 0. The molecular formula is C17H32OSi2. The molecule has 114 valence electrons. The number of hydrogen-bond acceptors (Lipinski definition) is 1. The minimum atomic E-state index is -1.67. The van der Waals surface area contributed by atoms with Crippen LogP contribution in [0.4, 0.5) is 0 Å². The molecule has 0 fully saturated rings. The zero-order valence-corrected chi connectivity index (χ0v) is 16.7. The second-order valence-electron chi connectivity index (χ2n) is 8.50. The molecule has 0 amide bonds. The maximum atomic E-state index is 6.51. The molecule has 1 rings (SSSR count). The highest BCUT2D eigenvalue weighted by Crippen LogP contribution is 2.38. The van der Waals surface area contributed by atoms with Crippen LogP contribution in [0.5, 0.6) is 0 Å². The van der Waals surface area contributed by atoms with Gasteiger partial charge in [0.15, 0.2) is 8.32 Å². The molecule has 0 aliphatic heterocycles. The molecule has 0 aromatic rings. The first-order valence-electron chi connectivity index (χ1n) is 7.82. The van der Waals surface area contributed by atoms with Crippen LogP contribution in [-0.4, -0.2) is 22.5 Å². The van der Waals surface area contributed by atoms with Gasteiger partial charge in [-0.3, -0.25) is 0 Å². The molecule has 3 heteroatoms. The highest BCUT2D eigenvalue weighted by Gasteiger charge is 2.39. The molecule has 1 nitrogen and oxygen atoms in total. The van der Waals surface area contributed by atoms with E-state index in [4.69, 9.17) is 4.43 Å². The fraction of sp³-hybridized carbons (Fsp3) is 0.765. The maximum absolute atomic E-state index is 6.51. The average molecular weight is 309 g/mol. The Labute approximate surface area is 128 Å². The van der Waals surface area contributed by atoms with E-state index in [1.165, 1.54) is 12.0 Å². The fourth-order valence-electron chi connectivity index (χ4n) is 1.90. The lowest BCUT2D eigenvalue weighted by Crippen LogP contribution is -2.43. The Morgan fingerprint density at radius 3 is 2.25 bits per heavy atom. The van der Waals surface area contributed by atoms with Gasteiger partial charge in [-0.05, 0) is 49.0 Å². The summed E-state index contributed by atoms with van der Waals surface area (Å²) in [6.45, 7) is 18.5. The molecule has 0 spiro atoms. The van der Waals surface area contributed by atoms with Crippen molar-refractivity contribution in [3.63, 3.8) is 0 Å². The largest absolute Gasteiger partial charge is 0.411 e. The molecule has 0 aromatic carbocycles. The molecule has 0 unspecified atom stereocenters. The summed E-state index contributed by atoms with van der Waals surface area (Å²) >= 11 is 0. The summed E-state index contributed by atoms with van der Waals surface area (Å²) in [6.07, 6.45) is 6.10. The van der Waals surface area contributed by atoms with Crippen LogP contribution in [0.3, 0.4) is 0 Å². The van der Waals surface area contributed by atoms with E-state index in [0.717, 1.165) is 12.8 Å². The third kappa shape index (κ3) is 5.59. The molecule has 0 radical (unpaired) electrons. The molecule has 0 N–H and O–H groups in total. The van der Waals surface area contributed by atoms with Crippen molar-refractivity contribution in [1.82, 2.24) is 0 Å². The summed E-state index contributed by atoms with van der Waals surface area (Å²) in [6, 6.07) is 0. The normalized spacial score (nSPS) is 21.0. The minimum absolute atomic E-state index is 0.280. The van der Waals surface area contributed by atoms with Gasteiger partial charge >= 0.3 is 0 Å². The van der Waals surface area contributed by atoms with Gasteiger partial charge in [-0.1, -0.05) is 46.3 Å². The van der Waals surface area contributed by atoms with Crippen molar-refractivity contribution in [3.8, 4) is 11.5 Å². The monoisotopic (exact) mass is 308 g/mol. The maximum Gasteiger partial charge on any atom is 0.192 e. The Morgan fingerprint density at radius 1 is 1.15 bits per heavy atom. The minimum Gasteiger partial charge on any atom is -0.411 e. The number of allylic oxidation sites excluding steroid dienone is 1. The highest BCUT2D eigenvalue weighted by molar-refractivity contribution is 6.83. The van der Waals surface area contributed by atoms with Crippen molar-refractivity contribution >= 4 is 16.4 Å². The first-order valence-corrected chi connectivity index (χ1v) is 14.2. The van der Waals surface area contributed by atoms with Crippen molar-refractivity contribution < 1.29 is 4.43 Å². The van der Waals surface area contributed by atoms with Gasteiger partial charge in [-0.15, -0.1) is 5.54 Å². The lowest BCUT2D eigenvalue weighted by molar-refractivity contribution is 0.206. The van der Waals surface area contributed by atoms with Crippen molar-refractivity contribution in [2.75, 3.05) is 0 Å². The van der Waals surface area contributed by atoms with Crippen molar-refractivity contribution in [2.45, 2.75) is 83.9 Å². The van der Waals surface area contributed by atoms with E-state index < -0.39 is 16.4 Å². The predicted molar refractivity (Wildman–Crippen MR) is 95.1 cm³/mol. The van der Waals surface area contributed by atoms with Crippen molar-refractivity contribution in [1.29, 1.82) is 0 Å². The quantitative estimate of drug-likeness (QED) is 0.492. The summed E-state index contributed by atoms with van der Waals surface area (Å²) in [5.41, 5.74) is 4.79. The third-order valence-corrected chi connectivity index (χ3v) is 9.55. The van der Waals surface area contributed by atoms with Crippen LogP contribution in [-0.2, 0) is 4.43 Å². The highest BCUT2D eigenvalue weighted by atomic mass is 28.4. The van der Waals surface area contributed by atoms with Crippen LogP contribution < -0.4 is 0 Å². The van der Waals surface area contributed by atoms with Gasteiger partial charge in [-0.2, -0.15) is 0 Å². The molecule has 0 aromatic heterocycles. The van der Waals surface area contributed by atoms with E-state index >= 15 is 0 Å². The summed E-state index contributed by atoms with van der Waals surface area (Å²) < 4.78 is 6.51. The fourth-order valence-corrected chi connectivity index (χ4v) is 3.74. The first-order chi connectivity index (χ1) is 8.91. The Hall–Kier alpha value is -0.306. The first kappa shape index (κ1) is 17.7. The molecule has 1 atom stereocenters.